The van der Waals surface area contributed by atoms with E-state index in [1.165, 1.54) is 11.8 Å². The van der Waals surface area contributed by atoms with Crippen molar-refractivity contribution in [2.24, 2.45) is 0 Å². The molecule has 106 valence electrons. The van der Waals surface area contributed by atoms with E-state index < -0.39 is 0 Å². The molecule has 3 rings (SSSR count). The van der Waals surface area contributed by atoms with Crippen molar-refractivity contribution in [1.82, 2.24) is 9.97 Å². The van der Waals surface area contributed by atoms with Crippen LogP contribution < -0.4 is 5.32 Å². The van der Waals surface area contributed by atoms with Crippen molar-refractivity contribution in [3.8, 4) is 0 Å². The molecule has 0 radical (unpaired) electrons. The number of rotatable bonds is 3. The molecule has 3 nitrogen and oxygen atoms in total. The number of thioether (sulfide) groups is 1. The fourth-order valence-electron chi connectivity index (χ4n) is 1.90. The first kappa shape index (κ1) is 14.4. The Kier molecular flexibility index (Phi) is 4.43. The highest BCUT2D eigenvalue weighted by Gasteiger charge is 2.04. The van der Waals surface area contributed by atoms with E-state index in [-0.39, 0.29) is 0 Å². The minimum Gasteiger partial charge on any atom is -0.341 e. The number of anilines is 1. The number of aromatic amines is 1. The zero-order valence-corrected chi connectivity index (χ0v) is 13.4. The van der Waals surface area contributed by atoms with Crippen LogP contribution in [0.15, 0.2) is 48.5 Å². The second kappa shape index (κ2) is 6.47. The molecule has 0 aliphatic rings. The number of thiocarbonyl (C=S) groups is 1. The fraction of sp³-hybridized carbons (Fsp3) is 0.0667. The summed E-state index contributed by atoms with van der Waals surface area (Å²) in [5, 5.41) is 3.88. The maximum absolute atomic E-state index is 5.85. The lowest BCUT2D eigenvalue weighted by molar-refractivity contribution is 1.14. The van der Waals surface area contributed by atoms with Crippen molar-refractivity contribution in [2.45, 2.75) is 5.75 Å². The molecular weight excluding hydrogens is 322 g/mol. The van der Waals surface area contributed by atoms with Crippen LogP contribution in [-0.2, 0) is 5.75 Å². The summed E-state index contributed by atoms with van der Waals surface area (Å²) in [6.07, 6.45) is 0. The molecule has 0 unspecified atom stereocenters. The standard InChI is InChI=1S/C15H12ClN3S2/c16-10-5-7-11(8-6-10)17-15(20)21-9-14-18-12-3-1-2-4-13(12)19-14/h1-8H,9H2,(H,17,20)(H,18,19). The van der Waals surface area contributed by atoms with Gasteiger partial charge in [0.2, 0.25) is 0 Å². The summed E-state index contributed by atoms with van der Waals surface area (Å²) >= 11 is 12.7. The molecule has 0 bridgehead atoms. The van der Waals surface area contributed by atoms with Gasteiger partial charge in [0, 0.05) is 10.7 Å². The first-order chi connectivity index (χ1) is 10.2. The number of hydrogen-bond donors (Lipinski definition) is 2. The van der Waals surface area contributed by atoms with Gasteiger partial charge in [-0.3, -0.25) is 0 Å². The lowest BCUT2D eigenvalue weighted by Gasteiger charge is -2.06. The normalized spacial score (nSPS) is 10.7. The number of hydrogen-bond acceptors (Lipinski definition) is 3. The summed E-state index contributed by atoms with van der Waals surface area (Å²) in [6.45, 7) is 0. The Labute approximate surface area is 137 Å². The number of H-pyrrole nitrogens is 1. The minimum absolute atomic E-state index is 0.702. The second-order valence-electron chi connectivity index (χ2n) is 4.41. The molecule has 2 N–H and O–H groups in total. The summed E-state index contributed by atoms with van der Waals surface area (Å²) in [5.41, 5.74) is 2.95. The van der Waals surface area contributed by atoms with Gasteiger partial charge in [0.25, 0.3) is 0 Å². The molecule has 2 aromatic carbocycles. The van der Waals surface area contributed by atoms with Crippen molar-refractivity contribution >= 4 is 56.6 Å². The average molecular weight is 334 g/mol. The van der Waals surface area contributed by atoms with Crippen LogP contribution in [0.3, 0.4) is 0 Å². The summed E-state index contributed by atoms with van der Waals surface area (Å²) in [4.78, 5) is 7.81. The predicted molar refractivity (Wildman–Crippen MR) is 95.1 cm³/mol. The Bertz CT molecular complexity index is 735. The van der Waals surface area contributed by atoms with Crippen LogP contribution in [0.2, 0.25) is 5.02 Å². The van der Waals surface area contributed by atoms with Crippen LogP contribution in [0.5, 0.6) is 0 Å². The van der Waals surface area contributed by atoms with Crippen molar-refractivity contribution in [2.75, 3.05) is 5.32 Å². The van der Waals surface area contributed by atoms with E-state index >= 15 is 0 Å². The molecule has 0 amide bonds. The Hall–Kier alpha value is -1.56. The number of nitrogens with one attached hydrogen (secondary N) is 2. The van der Waals surface area contributed by atoms with Crippen molar-refractivity contribution in [3.63, 3.8) is 0 Å². The second-order valence-corrected chi connectivity index (χ2v) is 6.50. The largest absolute Gasteiger partial charge is 0.341 e. The smallest absolute Gasteiger partial charge is 0.138 e. The molecular formula is C15H12ClN3S2. The molecule has 0 saturated heterocycles. The van der Waals surface area contributed by atoms with Crippen LogP contribution in [0.1, 0.15) is 5.82 Å². The molecule has 0 spiro atoms. The quantitative estimate of drug-likeness (QED) is 0.672. The van der Waals surface area contributed by atoms with Gasteiger partial charge in [0.1, 0.15) is 10.1 Å². The van der Waals surface area contributed by atoms with E-state index in [1.807, 2.05) is 48.5 Å². The van der Waals surface area contributed by atoms with Gasteiger partial charge in [-0.1, -0.05) is 47.7 Å². The van der Waals surface area contributed by atoms with E-state index in [1.54, 1.807) is 0 Å². The van der Waals surface area contributed by atoms with Crippen LogP contribution >= 0.6 is 35.6 Å². The third-order valence-corrected chi connectivity index (χ3v) is 4.36. The number of benzene rings is 2. The Morgan fingerprint density at radius 1 is 1.19 bits per heavy atom. The fourth-order valence-corrected chi connectivity index (χ4v) is 2.91. The van der Waals surface area contributed by atoms with Gasteiger partial charge < -0.3 is 10.3 Å². The molecule has 1 heterocycles. The first-order valence-corrected chi connectivity index (χ1v) is 8.11. The Morgan fingerprint density at radius 2 is 1.95 bits per heavy atom. The van der Waals surface area contributed by atoms with Gasteiger partial charge >= 0.3 is 0 Å². The summed E-state index contributed by atoms with van der Waals surface area (Å²) in [7, 11) is 0. The summed E-state index contributed by atoms with van der Waals surface area (Å²) in [5.74, 6) is 1.62. The maximum atomic E-state index is 5.85. The molecule has 0 atom stereocenters. The zero-order valence-electron chi connectivity index (χ0n) is 11.0. The SMILES string of the molecule is S=C(Nc1ccc(Cl)cc1)SCc1nc2ccccc2[nH]1. The van der Waals surface area contributed by atoms with Crippen LogP contribution in [0, 0.1) is 0 Å². The monoisotopic (exact) mass is 333 g/mol. The lowest BCUT2D eigenvalue weighted by atomic mass is 10.3. The van der Waals surface area contributed by atoms with Gasteiger partial charge in [0.15, 0.2) is 0 Å². The highest BCUT2D eigenvalue weighted by atomic mass is 35.5. The number of imidazole rings is 1. The first-order valence-electron chi connectivity index (χ1n) is 6.34. The van der Waals surface area contributed by atoms with Gasteiger partial charge in [-0.05, 0) is 36.4 Å². The minimum atomic E-state index is 0.702. The van der Waals surface area contributed by atoms with E-state index in [9.17, 15) is 0 Å². The van der Waals surface area contributed by atoms with Crippen molar-refractivity contribution in [3.05, 3.63) is 59.4 Å². The number of para-hydroxylation sites is 2. The third-order valence-electron chi connectivity index (χ3n) is 2.87. The molecule has 6 heteroatoms. The molecule has 0 fully saturated rings. The van der Waals surface area contributed by atoms with Gasteiger partial charge in [-0.25, -0.2) is 4.98 Å². The van der Waals surface area contributed by atoms with E-state index in [0.717, 1.165) is 22.5 Å². The predicted octanol–water partition coefficient (Wildman–Crippen LogP) is 4.85. The third kappa shape index (κ3) is 3.75. The van der Waals surface area contributed by atoms with E-state index in [2.05, 4.69) is 15.3 Å². The highest BCUT2D eigenvalue weighted by molar-refractivity contribution is 8.22. The molecule has 1 aromatic heterocycles. The number of aromatic nitrogens is 2. The van der Waals surface area contributed by atoms with E-state index in [0.29, 0.717) is 15.1 Å². The number of fused-ring (bicyclic) bond motifs is 1. The summed E-state index contributed by atoms with van der Waals surface area (Å²) < 4.78 is 0.706. The van der Waals surface area contributed by atoms with E-state index in [4.69, 9.17) is 23.8 Å². The van der Waals surface area contributed by atoms with Crippen LogP contribution in [-0.4, -0.2) is 14.3 Å². The van der Waals surface area contributed by atoms with Crippen molar-refractivity contribution < 1.29 is 0 Å². The van der Waals surface area contributed by atoms with Gasteiger partial charge in [-0.15, -0.1) is 0 Å². The lowest BCUT2D eigenvalue weighted by Crippen LogP contribution is -2.04. The average Bonchev–Trinajstić information content (AvgIpc) is 2.90. The van der Waals surface area contributed by atoms with Crippen LogP contribution in [0.25, 0.3) is 11.0 Å². The number of halogens is 1. The van der Waals surface area contributed by atoms with Gasteiger partial charge in [-0.2, -0.15) is 0 Å². The zero-order chi connectivity index (χ0) is 14.7. The Balaban J connectivity index is 1.59. The van der Waals surface area contributed by atoms with Gasteiger partial charge in [0.05, 0.1) is 16.8 Å². The highest BCUT2D eigenvalue weighted by Crippen LogP contribution is 2.19. The van der Waals surface area contributed by atoms with Crippen LogP contribution in [0.4, 0.5) is 5.69 Å². The molecule has 3 aromatic rings. The molecule has 0 aliphatic carbocycles. The molecule has 21 heavy (non-hydrogen) atoms. The molecule has 0 aliphatic heterocycles. The maximum Gasteiger partial charge on any atom is 0.138 e. The Morgan fingerprint density at radius 3 is 2.71 bits per heavy atom. The topological polar surface area (TPSA) is 40.7 Å². The van der Waals surface area contributed by atoms with Crippen molar-refractivity contribution in [1.29, 1.82) is 0 Å². The molecule has 0 saturated carbocycles. The number of nitrogens with zero attached hydrogens (tertiary/aromatic N) is 1. The summed E-state index contributed by atoms with van der Waals surface area (Å²) in [6, 6.07) is 15.4.